The van der Waals surface area contributed by atoms with Crippen LogP contribution in [-0.2, 0) is 9.53 Å². The zero-order valence-corrected chi connectivity index (χ0v) is 20.9. The molecule has 1 atom stereocenters. The Morgan fingerprint density at radius 3 is 2.71 bits per heavy atom. The highest BCUT2D eigenvalue weighted by Crippen LogP contribution is 2.37. The molecule has 1 saturated carbocycles. The summed E-state index contributed by atoms with van der Waals surface area (Å²) in [6.45, 7) is 4.92. The van der Waals surface area contributed by atoms with Crippen molar-refractivity contribution in [2.75, 3.05) is 17.2 Å². The van der Waals surface area contributed by atoms with Crippen molar-refractivity contribution < 1.29 is 9.53 Å². The summed E-state index contributed by atoms with van der Waals surface area (Å²) in [4.78, 5) is 26.0. The number of hydrogen-bond acceptors (Lipinski definition) is 7. The Morgan fingerprint density at radius 1 is 1.20 bits per heavy atom. The quantitative estimate of drug-likeness (QED) is 0.447. The van der Waals surface area contributed by atoms with Crippen LogP contribution >= 0.6 is 11.6 Å². The number of halogens is 1. The topological polar surface area (TPSA) is 120 Å². The number of aromatic nitrogens is 4. The van der Waals surface area contributed by atoms with Crippen LogP contribution in [0.15, 0.2) is 30.5 Å². The van der Waals surface area contributed by atoms with Gasteiger partial charge < -0.3 is 21.1 Å². The first kappa shape index (κ1) is 23.8. The molecule has 2 aliphatic rings. The summed E-state index contributed by atoms with van der Waals surface area (Å²) in [5.74, 6) is 0.975. The molecule has 1 unspecified atom stereocenters. The normalized spacial score (nSPS) is 24.3. The first-order chi connectivity index (χ1) is 16.8. The number of carbonyl (C=O) groups is 1. The number of carbonyl (C=O) groups excluding carboxylic acids is 1. The van der Waals surface area contributed by atoms with Gasteiger partial charge in [0.2, 0.25) is 17.8 Å². The largest absolute Gasteiger partial charge is 0.375 e. The number of rotatable bonds is 6. The van der Waals surface area contributed by atoms with Gasteiger partial charge in [-0.25, -0.2) is 9.97 Å². The smallest absolute Gasteiger partial charge is 0.224 e. The summed E-state index contributed by atoms with van der Waals surface area (Å²) in [7, 11) is 0. The van der Waals surface area contributed by atoms with Crippen LogP contribution in [0.25, 0.3) is 11.2 Å². The minimum Gasteiger partial charge on any atom is -0.375 e. The summed E-state index contributed by atoms with van der Waals surface area (Å²) < 4.78 is 8.00. The second-order valence-corrected chi connectivity index (χ2v) is 10.6. The fraction of sp³-hybridized carbons (Fsp3) is 0.520. The number of primary amides is 1. The number of hydrogen-bond donors (Lipinski definition) is 3. The van der Waals surface area contributed by atoms with Gasteiger partial charge in [-0.1, -0.05) is 17.7 Å². The van der Waals surface area contributed by atoms with E-state index in [-0.39, 0.29) is 29.5 Å². The van der Waals surface area contributed by atoms with E-state index in [2.05, 4.69) is 34.0 Å². The summed E-state index contributed by atoms with van der Waals surface area (Å²) in [6, 6.07) is 7.92. The molecule has 0 bridgehead atoms. The maximum absolute atomic E-state index is 11.7. The number of fused-ring (bicyclic) bond motifs is 1. The Kier molecular flexibility index (Phi) is 6.55. The molecule has 0 radical (unpaired) electrons. The third-order valence-corrected chi connectivity index (χ3v) is 7.24. The predicted molar refractivity (Wildman–Crippen MR) is 137 cm³/mol. The number of amides is 1. The van der Waals surface area contributed by atoms with Gasteiger partial charge in [-0.15, -0.1) is 0 Å². The van der Waals surface area contributed by atoms with E-state index in [9.17, 15) is 4.79 Å². The Labute approximate surface area is 209 Å². The molecular weight excluding hydrogens is 466 g/mol. The molecule has 2 aromatic heterocycles. The van der Waals surface area contributed by atoms with Crippen molar-refractivity contribution in [3.05, 3.63) is 35.5 Å². The highest BCUT2D eigenvalue weighted by Gasteiger charge is 2.31. The standard InChI is InChI=1S/C25H32ClN7O2/c1-25(2)13-18(10-11-35-25)29-23-28-14-20-22(32-23)33(19-8-6-15(7-9-19)21(27)34)24(31-20)30-17-5-3-4-16(26)12-17/h3-5,12,14-15,18-19H,6-11,13H2,1-2H3,(H2,27,34)(H,30,31)(H,28,29,32). The van der Waals surface area contributed by atoms with Crippen molar-refractivity contribution >= 4 is 46.3 Å². The number of nitrogens with zero attached hydrogens (tertiary/aromatic N) is 4. The summed E-state index contributed by atoms with van der Waals surface area (Å²) in [6.07, 6.45) is 6.71. The van der Waals surface area contributed by atoms with Crippen molar-refractivity contribution in [1.82, 2.24) is 19.5 Å². The van der Waals surface area contributed by atoms with Crippen LogP contribution in [0.4, 0.5) is 17.6 Å². The van der Waals surface area contributed by atoms with Gasteiger partial charge in [-0.3, -0.25) is 9.36 Å². The first-order valence-electron chi connectivity index (χ1n) is 12.2. The van der Waals surface area contributed by atoms with Gasteiger partial charge >= 0.3 is 0 Å². The van der Waals surface area contributed by atoms with E-state index in [1.807, 2.05) is 24.3 Å². The lowest BCUT2D eigenvalue weighted by atomic mass is 9.85. The maximum atomic E-state index is 11.7. The molecule has 1 aliphatic heterocycles. The highest BCUT2D eigenvalue weighted by molar-refractivity contribution is 6.30. The van der Waals surface area contributed by atoms with Crippen LogP contribution in [0.5, 0.6) is 0 Å². The summed E-state index contributed by atoms with van der Waals surface area (Å²) >= 11 is 6.21. The van der Waals surface area contributed by atoms with Crippen LogP contribution in [0.1, 0.15) is 58.4 Å². The Morgan fingerprint density at radius 2 is 2.00 bits per heavy atom. The zero-order valence-electron chi connectivity index (χ0n) is 20.1. The lowest BCUT2D eigenvalue weighted by Gasteiger charge is -2.35. The second kappa shape index (κ2) is 9.62. The lowest BCUT2D eigenvalue weighted by molar-refractivity contribution is -0.122. The first-order valence-corrected chi connectivity index (χ1v) is 12.6. The molecule has 1 amide bonds. The fourth-order valence-electron chi connectivity index (χ4n) is 5.25. The third-order valence-electron chi connectivity index (χ3n) is 7.01. The molecule has 1 aromatic carbocycles. The lowest BCUT2D eigenvalue weighted by Crippen LogP contribution is -2.40. The monoisotopic (exact) mass is 497 g/mol. The molecule has 35 heavy (non-hydrogen) atoms. The minimum absolute atomic E-state index is 0.0749. The molecule has 10 heteroatoms. The molecule has 3 aromatic rings. The third kappa shape index (κ3) is 5.36. The van der Waals surface area contributed by atoms with Gasteiger partial charge in [-0.2, -0.15) is 4.98 Å². The Hall–Kier alpha value is -2.91. The van der Waals surface area contributed by atoms with E-state index in [0.29, 0.717) is 29.0 Å². The van der Waals surface area contributed by atoms with Gasteiger partial charge in [0.1, 0.15) is 5.52 Å². The maximum Gasteiger partial charge on any atom is 0.224 e. The number of ether oxygens (including phenoxy) is 1. The van der Waals surface area contributed by atoms with Gasteiger partial charge in [0.05, 0.1) is 11.8 Å². The molecular formula is C25H32ClN7O2. The summed E-state index contributed by atoms with van der Waals surface area (Å²) in [5.41, 5.74) is 7.72. The van der Waals surface area contributed by atoms with E-state index in [1.54, 1.807) is 6.20 Å². The average molecular weight is 498 g/mol. The van der Waals surface area contributed by atoms with Crippen LogP contribution < -0.4 is 16.4 Å². The number of benzene rings is 1. The fourth-order valence-corrected chi connectivity index (χ4v) is 5.44. The number of anilines is 3. The second-order valence-electron chi connectivity index (χ2n) is 10.2. The van der Waals surface area contributed by atoms with Gasteiger partial charge in [0.15, 0.2) is 5.65 Å². The van der Waals surface area contributed by atoms with E-state index < -0.39 is 0 Å². The predicted octanol–water partition coefficient (Wildman–Crippen LogP) is 4.81. The van der Waals surface area contributed by atoms with Crippen LogP contribution in [0.2, 0.25) is 5.02 Å². The number of nitrogens with two attached hydrogens (primary N) is 1. The molecule has 4 N–H and O–H groups in total. The van der Waals surface area contributed by atoms with E-state index in [0.717, 1.165) is 49.9 Å². The van der Waals surface area contributed by atoms with Gasteiger partial charge in [0, 0.05) is 35.3 Å². The van der Waals surface area contributed by atoms with Crippen molar-refractivity contribution in [2.24, 2.45) is 11.7 Å². The zero-order chi connectivity index (χ0) is 24.6. The van der Waals surface area contributed by atoms with E-state index >= 15 is 0 Å². The number of nitrogens with one attached hydrogen (secondary N) is 2. The molecule has 9 nitrogen and oxygen atoms in total. The number of imidazole rings is 1. The molecule has 0 spiro atoms. The van der Waals surface area contributed by atoms with Crippen molar-refractivity contribution in [3.63, 3.8) is 0 Å². The van der Waals surface area contributed by atoms with Crippen molar-refractivity contribution in [3.8, 4) is 0 Å². The highest BCUT2D eigenvalue weighted by atomic mass is 35.5. The van der Waals surface area contributed by atoms with Gasteiger partial charge in [-0.05, 0) is 70.6 Å². The molecule has 3 heterocycles. The molecule has 1 saturated heterocycles. The SMILES string of the molecule is CC1(C)CC(Nc2ncc3nc(Nc4cccc(Cl)c4)n(C4CCC(C(N)=O)CC4)c3n2)CCO1. The van der Waals surface area contributed by atoms with E-state index in [4.69, 9.17) is 32.0 Å². The van der Waals surface area contributed by atoms with Crippen LogP contribution in [-0.4, -0.2) is 43.7 Å². The molecule has 2 fully saturated rings. The van der Waals surface area contributed by atoms with Crippen LogP contribution in [0, 0.1) is 5.92 Å². The average Bonchev–Trinajstić information content (AvgIpc) is 3.15. The van der Waals surface area contributed by atoms with Gasteiger partial charge in [0.25, 0.3) is 0 Å². The molecule has 186 valence electrons. The van der Waals surface area contributed by atoms with Crippen LogP contribution in [0.3, 0.4) is 0 Å². The van der Waals surface area contributed by atoms with E-state index in [1.165, 1.54) is 0 Å². The Bertz CT molecular complexity index is 1220. The van der Waals surface area contributed by atoms with Crippen molar-refractivity contribution in [2.45, 2.75) is 70.1 Å². The Balaban J connectivity index is 1.48. The molecule has 5 rings (SSSR count). The minimum atomic E-state index is -0.218. The molecule has 1 aliphatic carbocycles. The summed E-state index contributed by atoms with van der Waals surface area (Å²) in [5, 5.41) is 7.57. The van der Waals surface area contributed by atoms with Crippen molar-refractivity contribution in [1.29, 1.82) is 0 Å².